The molecule has 1 aromatic heterocycles. The summed E-state index contributed by atoms with van der Waals surface area (Å²) in [5, 5.41) is 4.60. The average Bonchev–Trinajstić information content (AvgIpc) is 3.28. The summed E-state index contributed by atoms with van der Waals surface area (Å²) in [6.45, 7) is 7.72. The van der Waals surface area contributed by atoms with E-state index in [1.54, 1.807) is 4.90 Å². The zero-order valence-corrected chi connectivity index (χ0v) is 16.8. The number of amides is 1. The van der Waals surface area contributed by atoms with E-state index in [4.69, 9.17) is 0 Å². The largest absolute Gasteiger partial charge is 0.339 e. The van der Waals surface area contributed by atoms with Gasteiger partial charge in [0.15, 0.2) is 0 Å². The van der Waals surface area contributed by atoms with Crippen LogP contribution in [0.4, 0.5) is 0 Å². The van der Waals surface area contributed by atoms with Gasteiger partial charge in [0.05, 0.1) is 5.69 Å². The van der Waals surface area contributed by atoms with E-state index in [1.807, 2.05) is 30.8 Å². The molecule has 1 amide bonds. The maximum Gasteiger partial charge on any atom is 0.271 e. The Bertz CT molecular complexity index is 755. The zero-order chi connectivity index (χ0) is 19.4. The van der Waals surface area contributed by atoms with Gasteiger partial charge >= 0.3 is 0 Å². The monoisotopic (exact) mass is 369 g/mol. The van der Waals surface area contributed by atoms with E-state index in [-0.39, 0.29) is 18.0 Å². The molecule has 1 aromatic carbocycles. The lowest BCUT2D eigenvalue weighted by Crippen LogP contribution is -2.41. The molecule has 146 valence electrons. The number of aryl methyl sites for hydroxylation is 1. The average molecular weight is 370 g/mol. The first-order valence-electron chi connectivity index (χ1n) is 9.86. The summed E-state index contributed by atoms with van der Waals surface area (Å²) in [5.74, 6) is 0.555. The highest BCUT2D eigenvalue weighted by atomic mass is 16.2. The van der Waals surface area contributed by atoms with Gasteiger partial charge in [-0.25, -0.2) is 5.43 Å². The fraction of sp³-hybridized carbons (Fsp3) is 0.524. The van der Waals surface area contributed by atoms with E-state index < -0.39 is 0 Å². The van der Waals surface area contributed by atoms with Gasteiger partial charge in [0, 0.05) is 32.2 Å². The fourth-order valence-corrected chi connectivity index (χ4v) is 3.66. The number of carbonyl (C=O) groups is 1. The van der Waals surface area contributed by atoms with Crippen LogP contribution in [0.15, 0.2) is 36.4 Å². The molecule has 1 saturated heterocycles. The predicted molar refractivity (Wildman–Crippen MR) is 107 cm³/mol. The number of carbonyl (C=O) groups excluding carboxylic acids is 1. The minimum atomic E-state index is 0.0318. The standard InChI is InChI=1S/C21H31N5O/c1-5-26-20(13-17(24-26)11-15(2)3)21(27)25(4)14-18-12-19(23-22-18)16-9-7-6-8-10-16/h6-10,13,15,18-19,22-23H,5,11-12,14H2,1-4H3. The maximum absolute atomic E-state index is 13.0. The van der Waals surface area contributed by atoms with Crippen LogP contribution in [-0.4, -0.2) is 40.2 Å². The molecule has 2 atom stereocenters. The Morgan fingerprint density at radius 2 is 2.04 bits per heavy atom. The lowest BCUT2D eigenvalue weighted by atomic mass is 10.0. The number of aromatic nitrogens is 2. The molecular weight excluding hydrogens is 338 g/mol. The molecule has 1 aliphatic rings. The Labute approximate surface area is 161 Å². The van der Waals surface area contributed by atoms with Gasteiger partial charge in [-0.15, -0.1) is 0 Å². The smallest absolute Gasteiger partial charge is 0.271 e. The molecule has 2 unspecified atom stereocenters. The lowest BCUT2D eigenvalue weighted by molar-refractivity contribution is 0.0770. The third-order valence-electron chi connectivity index (χ3n) is 4.99. The van der Waals surface area contributed by atoms with Crippen molar-refractivity contribution in [3.8, 4) is 0 Å². The molecule has 3 rings (SSSR count). The second-order valence-corrected chi connectivity index (χ2v) is 7.80. The zero-order valence-electron chi connectivity index (χ0n) is 16.8. The maximum atomic E-state index is 13.0. The number of nitrogens with one attached hydrogen (secondary N) is 2. The van der Waals surface area contributed by atoms with Crippen molar-refractivity contribution in [2.45, 2.75) is 52.2 Å². The Morgan fingerprint density at radius 1 is 1.30 bits per heavy atom. The van der Waals surface area contributed by atoms with Crippen LogP contribution >= 0.6 is 0 Å². The summed E-state index contributed by atoms with van der Waals surface area (Å²) in [4.78, 5) is 14.8. The molecule has 0 saturated carbocycles. The Hall–Kier alpha value is -2.18. The van der Waals surface area contributed by atoms with Crippen molar-refractivity contribution in [2.24, 2.45) is 5.92 Å². The van der Waals surface area contributed by atoms with Gasteiger partial charge in [0.2, 0.25) is 0 Å². The normalized spacial score (nSPS) is 19.6. The Balaban J connectivity index is 1.62. The molecule has 0 bridgehead atoms. The summed E-state index contributed by atoms with van der Waals surface area (Å²) in [6.07, 6.45) is 1.84. The molecule has 0 radical (unpaired) electrons. The third kappa shape index (κ3) is 4.76. The molecule has 2 N–H and O–H groups in total. The summed E-state index contributed by atoms with van der Waals surface area (Å²) in [6, 6.07) is 12.9. The van der Waals surface area contributed by atoms with E-state index in [9.17, 15) is 4.79 Å². The summed E-state index contributed by atoms with van der Waals surface area (Å²) in [7, 11) is 1.87. The highest BCUT2D eigenvalue weighted by Gasteiger charge is 2.28. The number of likely N-dealkylation sites (N-methyl/N-ethyl adjacent to an activating group) is 1. The number of nitrogens with zero attached hydrogens (tertiary/aromatic N) is 3. The van der Waals surface area contributed by atoms with Crippen LogP contribution in [0.2, 0.25) is 0 Å². The molecule has 2 aromatic rings. The highest BCUT2D eigenvalue weighted by Crippen LogP contribution is 2.22. The van der Waals surface area contributed by atoms with Gasteiger partial charge in [-0.3, -0.25) is 14.9 Å². The number of hydrazine groups is 1. The molecular formula is C21H31N5O. The summed E-state index contributed by atoms with van der Waals surface area (Å²) < 4.78 is 1.82. The molecule has 6 heteroatoms. The van der Waals surface area contributed by atoms with Crippen LogP contribution in [0, 0.1) is 5.92 Å². The van der Waals surface area contributed by atoms with Crippen molar-refractivity contribution in [3.05, 3.63) is 53.3 Å². The van der Waals surface area contributed by atoms with Crippen LogP contribution in [0.5, 0.6) is 0 Å². The number of rotatable bonds is 7. The van der Waals surface area contributed by atoms with E-state index in [2.05, 4.69) is 54.1 Å². The van der Waals surface area contributed by atoms with Crippen molar-refractivity contribution in [1.29, 1.82) is 0 Å². The molecule has 6 nitrogen and oxygen atoms in total. The first-order chi connectivity index (χ1) is 13.0. The van der Waals surface area contributed by atoms with Crippen LogP contribution in [0.25, 0.3) is 0 Å². The van der Waals surface area contributed by atoms with Gasteiger partial charge < -0.3 is 4.90 Å². The van der Waals surface area contributed by atoms with Crippen molar-refractivity contribution < 1.29 is 4.79 Å². The van der Waals surface area contributed by atoms with Crippen LogP contribution in [-0.2, 0) is 13.0 Å². The van der Waals surface area contributed by atoms with Gasteiger partial charge in [0.1, 0.15) is 5.69 Å². The van der Waals surface area contributed by atoms with Crippen molar-refractivity contribution >= 4 is 5.91 Å². The van der Waals surface area contributed by atoms with Crippen LogP contribution in [0.3, 0.4) is 0 Å². The van der Waals surface area contributed by atoms with Gasteiger partial charge in [-0.1, -0.05) is 44.2 Å². The van der Waals surface area contributed by atoms with E-state index >= 15 is 0 Å². The minimum absolute atomic E-state index is 0.0318. The first kappa shape index (κ1) is 19.6. The minimum Gasteiger partial charge on any atom is -0.339 e. The number of hydrogen-bond donors (Lipinski definition) is 2. The number of hydrogen-bond acceptors (Lipinski definition) is 4. The van der Waals surface area contributed by atoms with Crippen LogP contribution in [0.1, 0.15) is 55.0 Å². The van der Waals surface area contributed by atoms with Gasteiger partial charge in [-0.2, -0.15) is 5.10 Å². The predicted octanol–water partition coefficient (Wildman–Crippen LogP) is 2.78. The lowest BCUT2D eigenvalue weighted by Gasteiger charge is -2.21. The van der Waals surface area contributed by atoms with E-state index in [0.29, 0.717) is 24.7 Å². The van der Waals surface area contributed by atoms with E-state index in [1.165, 1.54) is 5.56 Å². The highest BCUT2D eigenvalue weighted by molar-refractivity contribution is 5.92. The molecule has 2 heterocycles. The summed E-state index contributed by atoms with van der Waals surface area (Å²) >= 11 is 0. The fourth-order valence-electron chi connectivity index (χ4n) is 3.66. The SMILES string of the molecule is CCn1nc(CC(C)C)cc1C(=O)N(C)CC1CC(c2ccccc2)NN1. The summed E-state index contributed by atoms with van der Waals surface area (Å²) in [5.41, 5.74) is 9.63. The molecule has 1 fully saturated rings. The molecule has 0 aliphatic carbocycles. The van der Waals surface area contributed by atoms with Gasteiger partial charge in [-0.05, 0) is 37.3 Å². The quantitative estimate of drug-likeness (QED) is 0.788. The third-order valence-corrected chi connectivity index (χ3v) is 4.99. The molecule has 27 heavy (non-hydrogen) atoms. The van der Waals surface area contributed by atoms with Crippen LogP contribution < -0.4 is 10.9 Å². The second-order valence-electron chi connectivity index (χ2n) is 7.80. The number of benzene rings is 1. The van der Waals surface area contributed by atoms with Gasteiger partial charge in [0.25, 0.3) is 5.91 Å². The molecule has 1 aliphatic heterocycles. The van der Waals surface area contributed by atoms with Crippen molar-refractivity contribution in [1.82, 2.24) is 25.5 Å². The Kier molecular flexibility index (Phi) is 6.29. The van der Waals surface area contributed by atoms with E-state index in [0.717, 1.165) is 18.5 Å². The van der Waals surface area contributed by atoms with Crippen molar-refractivity contribution in [2.75, 3.05) is 13.6 Å². The first-order valence-corrected chi connectivity index (χ1v) is 9.86. The Morgan fingerprint density at radius 3 is 2.70 bits per heavy atom. The second kappa shape index (κ2) is 8.67. The molecule has 0 spiro atoms. The van der Waals surface area contributed by atoms with Crippen molar-refractivity contribution in [3.63, 3.8) is 0 Å². The topological polar surface area (TPSA) is 62.2 Å².